The third kappa shape index (κ3) is 6.78. The lowest BCUT2D eigenvalue weighted by Gasteiger charge is -2.40. The fraction of sp³-hybridized carbons (Fsp3) is 0.462. The lowest BCUT2D eigenvalue weighted by atomic mass is 9.86. The van der Waals surface area contributed by atoms with Crippen LogP contribution in [0.3, 0.4) is 0 Å². The van der Waals surface area contributed by atoms with Crippen molar-refractivity contribution in [1.82, 2.24) is 9.80 Å². The number of ether oxygens (including phenoxy) is 1. The van der Waals surface area contributed by atoms with Gasteiger partial charge in [0.2, 0.25) is 5.91 Å². The molecule has 0 aliphatic carbocycles. The van der Waals surface area contributed by atoms with Crippen LogP contribution in [0.5, 0.6) is 0 Å². The molecule has 0 radical (unpaired) electrons. The Morgan fingerprint density at radius 1 is 1.06 bits per heavy atom. The Kier molecular flexibility index (Phi) is 8.08. The molecule has 7 heteroatoms. The molecule has 0 spiro atoms. The zero-order chi connectivity index (χ0) is 24.0. The fourth-order valence-electron chi connectivity index (χ4n) is 3.90. The molecule has 1 heterocycles. The number of nitrogens with two attached hydrogens (primary N) is 1. The van der Waals surface area contributed by atoms with Crippen molar-refractivity contribution in [2.75, 3.05) is 13.1 Å². The lowest BCUT2D eigenvalue weighted by Crippen LogP contribution is -2.54. The van der Waals surface area contributed by atoms with Crippen molar-refractivity contribution in [3.63, 3.8) is 0 Å². The molecule has 33 heavy (non-hydrogen) atoms. The Labute approximate surface area is 195 Å². The van der Waals surface area contributed by atoms with Crippen LogP contribution in [0.25, 0.3) is 0 Å². The van der Waals surface area contributed by atoms with E-state index in [1.54, 1.807) is 21.9 Å². The third-order valence-electron chi connectivity index (χ3n) is 6.12. The van der Waals surface area contributed by atoms with Crippen LogP contribution in [0, 0.1) is 11.2 Å². The summed E-state index contributed by atoms with van der Waals surface area (Å²) in [6.45, 7) is 7.41. The molecule has 1 unspecified atom stereocenters. The summed E-state index contributed by atoms with van der Waals surface area (Å²) in [5.41, 5.74) is 7.58. The highest BCUT2D eigenvalue weighted by molar-refractivity contribution is 5.82. The summed E-state index contributed by atoms with van der Waals surface area (Å²) >= 11 is 0. The molecule has 2 aromatic carbocycles. The number of hydrogen-bond acceptors (Lipinski definition) is 4. The van der Waals surface area contributed by atoms with Crippen LogP contribution in [0.2, 0.25) is 0 Å². The Hall–Kier alpha value is -2.93. The van der Waals surface area contributed by atoms with Gasteiger partial charge in [-0.1, -0.05) is 63.2 Å². The van der Waals surface area contributed by atoms with Crippen LogP contribution in [0.15, 0.2) is 54.6 Å². The molecule has 178 valence electrons. The van der Waals surface area contributed by atoms with E-state index in [-0.39, 0.29) is 29.8 Å². The van der Waals surface area contributed by atoms with Gasteiger partial charge in [0.05, 0.1) is 6.04 Å². The first kappa shape index (κ1) is 24.7. The summed E-state index contributed by atoms with van der Waals surface area (Å²) in [7, 11) is 0. The second kappa shape index (κ2) is 10.8. The van der Waals surface area contributed by atoms with Crippen LogP contribution >= 0.6 is 0 Å². The monoisotopic (exact) mass is 455 g/mol. The summed E-state index contributed by atoms with van der Waals surface area (Å²) in [4.78, 5) is 29.4. The number of hydrogen-bond donors (Lipinski definition) is 1. The van der Waals surface area contributed by atoms with E-state index in [1.807, 2.05) is 51.1 Å². The van der Waals surface area contributed by atoms with Crippen LogP contribution < -0.4 is 5.73 Å². The van der Waals surface area contributed by atoms with Gasteiger partial charge < -0.3 is 20.3 Å². The second-order valence-electron chi connectivity index (χ2n) is 9.69. The molecule has 1 fully saturated rings. The predicted octanol–water partition coefficient (Wildman–Crippen LogP) is 4.33. The van der Waals surface area contributed by atoms with E-state index >= 15 is 0 Å². The predicted molar refractivity (Wildman–Crippen MR) is 126 cm³/mol. The van der Waals surface area contributed by atoms with Crippen LogP contribution in [-0.4, -0.2) is 47.0 Å². The maximum atomic E-state index is 13.4. The first-order valence-electron chi connectivity index (χ1n) is 11.4. The molecule has 2 aromatic rings. The Morgan fingerprint density at radius 2 is 1.67 bits per heavy atom. The van der Waals surface area contributed by atoms with Crippen LogP contribution in [0.4, 0.5) is 9.18 Å². The summed E-state index contributed by atoms with van der Waals surface area (Å²) in [5.74, 6) is -0.378. The molecular weight excluding hydrogens is 421 g/mol. The second-order valence-corrected chi connectivity index (χ2v) is 9.69. The van der Waals surface area contributed by atoms with Crippen molar-refractivity contribution in [3.8, 4) is 0 Å². The summed E-state index contributed by atoms with van der Waals surface area (Å²) in [5, 5.41) is 0. The number of amides is 2. The topological polar surface area (TPSA) is 75.9 Å². The Morgan fingerprint density at radius 3 is 2.24 bits per heavy atom. The molecule has 2 amide bonds. The molecule has 0 aromatic heterocycles. The number of carbonyl (C=O) groups is 2. The van der Waals surface area contributed by atoms with Crippen molar-refractivity contribution < 1.29 is 18.7 Å². The zero-order valence-corrected chi connectivity index (χ0v) is 19.7. The zero-order valence-electron chi connectivity index (χ0n) is 19.7. The molecule has 0 saturated carbocycles. The minimum absolute atomic E-state index is 0.0577. The third-order valence-corrected chi connectivity index (χ3v) is 6.12. The highest BCUT2D eigenvalue weighted by atomic mass is 19.1. The SMILES string of the molecule is CC(C)(C)C(N)C(=O)N1CCC(N(Cc2ccc(F)cc2)C(=O)OCc2ccccc2)CC1. The summed E-state index contributed by atoms with van der Waals surface area (Å²) < 4.78 is 19.0. The Balaban J connectivity index is 1.68. The lowest BCUT2D eigenvalue weighted by molar-refractivity contribution is -0.136. The number of likely N-dealkylation sites (tertiary alicyclic amines) is 1. The first-order chi connectivity index (χ1) is 15.6. The van der Waals surface area contributed by atoms with Gasteiger partial charge in [-0.2, -0.15) is 0 Å². The van der Waals surface area contributed by atoms with Gasteiger partial charge in [-0.3, -0.25) is 4.79 Å². The van der Waals surface area contributed by atoms with Gasteiger partial charge in [-0.25, -0.2) is 9.18 Å². The smallest absolute Gasteiger partial charge is 0.410 e. The van der Waals surface area contributed by atoms with E-state index in [4.69, 9.17) is 10.5 Å². The van der Waals surface area contributed by atoms with E-state index in [0.29, 0.717) is 32.5 Å². The van der Waals surface area contributed by atoms with Gasteiger partial charge in [0.25, 0.3) is 0 Å². The van der Waals surface area contributed by atoms with E-state index in [1.165, 1.54) is 12.1 Å². The number of piperidine rings is 1. The fourth-order valence-corrected chi connectivity index (χ4v) is 3.90. The highest BCUT2D eigenvalue weighted by Gasteiger charge is 2.35. The van der Waals surface area contributed by atoms with E-state index in [2.05, 4.69) is 0 Å². The average Bonchev–Trinajstić information content (AvgIpc) is 2.81. The molecule has 1 atom stereocenters. The molecule has 1 aliphatic rings. The number of carbonyl (C=O) groups excluding carboxylic acids is 2. The number of rotatable bonds is 6. The van der Waals surface area contributed by atoms with Gasteiger partial charge in [-0.15, -0.1) is 0 Å². The van der Waals surface area contributed by atoms with Gasteiger partial charge >= 0.3 is 6.09 Å². The van der Waals surface area contributed by atoms with Crippen LogP contribution in [0.1, 0.15) is 44.7 Å². The van der Waals surface area contributed by atoms with Crippen molar-refractivity contribution in [1.29, 1.82) is 0 Å². The van der Waals surface area contributed by atoms with Crippen molar-refractivity contribution in [2.45, 2.75) is 58.8 Å². The summed E-state index contributed by atoms with van der Waals surface area (Å²) in [6.07, 6.45) is 0.841. The van der Waals surface area contributed by atoms with E-state index in [0.717, 1.165) is 11.1 Å². The minimum atomic E-state index is -0.569. The molecule has 1 saturated heterocycles. The molecule has 0 bridgehead atoms. The van der Waals surface area contributed by atoms with E-state index in [9.17, 15) is 14.0 Å². The number of benzene rings is 2. The highest BCUT2D eigenvalue weighted by Crippen LogP contribution is 2.24. The average molecular weight is 456 g/mol. The van der Waals surface area contributed by atoms with Gasteiger partial charge in [0.15, 0.2) is 0 Å². The number of halogens is 1. The maximum Gasteiger partial charge on any atom is 0.410 e. The molecule has 1 aliphatic heterocycles. The standard InChI is InChI=1S/C26H34FN3O3/c1-26(2,3)23(28)24(31)29-15-13-22(14-16-29)30(17-19-9-11-21(27)12-10-19)25(32)33-18-20-7-5-4-6-8-20/h4-12,22-23H,13-18,28H2,1-3H3. The van der Waals surface area contributed by atoms with Crippen molar-refractivity contribution >= 4 is 12.0 Å². The maximum absolute atomic E-state index is 13.4. The van der Waals surface area contributed by atoms with Gasteiger partial charge in [-0.05, 0) is 41.5 Å². The molecule has 3 rings (SSSR count). The molecule has 6 nitrogen and oxygen atoms in total. The first-order valence-corrected chi connectivity index (χ1v) is 11.4. The largest absolute Gasteiger partial charge is 0.445 e. The van der Waals surface area contributed by atoms with Crippen molar-refractivity contribution in [2.24, 2.45) is 11.1 Å². The van der Waals surface area contributed by atoms with Crippen molar-refractivity contribution in [3.05, 3.63) is 71.5 Å². The Bertz CT molecular complexity index is 920. The van der Waals surface area contributed by atoms with Gasteiger partial charge in [0, 0.05) is 25.7 Å². The number of nitrogens with zero attached hydrogens (tertiary/aromatic N) is 2. The summed E-state index contributed by atoms with van der Waals surface area (Å²) in [6, 6.07) is 15.0. The normalized spacial score (nSPS) is 15.7. The van der Waals surface area contributed by atoms with Crippen LogP contribution in [-0.2, 0) is 22.7 Å². The minimum Gasteiger partial charge on any atom is -0.445 e. The van der Waals surface area contributed by atoms with Gasteiger partial charge in [0.1, 0.15) is 12.4 Å². The molecule has 2 N–H and O–H groups in total. The quantitative estimate of drug-likeness (QED) is 0.704. The van der Waals surface area contributed by atoms with E-state index < -0.39 is 12.1 Å². The molecular formula is C26H34FN3O3.